The summed E-state index contributed by atoms with van der Waals surface area (Å²) in [7, 11) is 1.61. The standard InChI is InChI=1S/C18H22N4O4/c1-25-15-4-2-14(3-5-15)22-9-7-16(20-22)18(24)19-8-6-17(23)21-10-12-26-13-11-21/h2-5,7,9H,6,8,10-13H2,1H3,(H,19,24). The van der Waals surface area contributed by atoms with E-state index in [1.807, 2.05) is 24.3 Å². The van der Waals surface area contributed by atoms with Crippen LogP contribution < -0.4 is 10.1 Å². The number of benzene rings is 1. The lowest BCUT2D eigenvalue weighted by Gasteiger charge is -2.26. The van der Waals surface area contributed by atoms with Gasteiger partial charge in [0.15, 0.2) is 5.69 Å². The second-order valence-electron chi connectivity index (χ2n) is 5.84. The molecule has 1 aliphatic rings. The van der Waals surface area contributed by atoms with Crippen LogP contribution in [0.3, 0.4) is 0 Å². The van der Waals surface area contributed by atoms with Crippen LogP contribution in [0.5, 0.6) is 5.75 Å². The molecule has 0 unspecified atom stereocenters. The molecule has 1 saturated heterocycles. The van der Waals surface area contributed by atoms with Crippen LogP contribution >= 0.6 is 0 Å². The van der Waals surface area contributed by atoms with Gasteiger partial charge in [-0.3, -0.25) is 9.59 Å². The van der Waals surface area contributed by atoms with Crippen LogP contribution in [0.2, 0.25) is 0 Å². The number of amides is 2. The fraction of sp³-hybridized carbons (Fsp3) is 0.389. The van der Waals surface area contributed by atoms with Crippen molar-refractivity contribution >= 4 is 11.8 Å². The van der Waals surface area contributed by atoms with Crippen molar-refractivity contribution in [1.29, 1.82) is 0 Å². The summed E-state index contributed by atoms with van der Waals surface area (Å²) < 4.78 is 12.0. The average Bonchev–Trinajstić information content (AvgIpc) is 3.19. The second kappa shape index (κ2) is 8.48. The minimum absolute atomic E-state index is 0.0253. The van der Waals surface area contributed by atoms with E-state index in [1.54, 1.807) is 29.0 Å². The van der Waals surface area contributed by atoms with Crippen molar-refractivity contribution in [2.75, 3.05) is 40.0 Å². The van der Waals surface area contributed by atoms with Gasteiger partial charge in [0.2, 0.25) is 5.91 Å². The van der Waals surface area contributed by atoms with Gasteiger partial charge < -0.3 is 19.7 Å². The van der Waals surface area contributed by atoms with Gasteiger partial charge in [-0.2, -0.15) is 5.10 Å². The molecule has 1 N–H and O–H groups in total. The fourth-order valence-electron chi connectivity index (χ4n) is 2.67. The number of morpholine rings is 1. The van der Waals surface area contributed by atoms with Crippen LogP contribution in [-0.2, 0) is 9.53 Å². The zero-order valence-electron chi connectivity index (χ0n) is 14.7. The van der Waals surface area contributed by atoms with E-state index in [4.69, 9.17) is 9.47 Å². The number of rotatable bonds is 6. The van der Waals surface area contributed by atoms with Gasteiger partial charge in [0.05, 0.1) is 26.0 Å². The normalized spacial score (nSPS) is 14.1. The van der Waals surface area contributed by atoms with Crippen molar-refractivity contribution in [3.8, 4) is 11.4 Å². The average molecular weight is 358 g/mol. The predicted octanol–water partition coefficient (Wildman–Crippen LogP) is 0.860. The maximum absolute atomic E-state index is 12.2. The quantitative estimate of drug-likeness (QED) is 0.828. The Morgan fingerprint density at radius 1 is 1.19 bits per heavy atom. The van der Waals surface area contributed by atoms with Gasteiger partial charge in [-0.25, -0.2) is 4.68 Å². The summed E-state index contributed by atoms with van der Waals surface area (Å²) in [6, 6.07) is 9.01. The first-order valence-corrected chi connectivity index (χ1v) is 8.51. The summed E-state index contributed by atoms with van der Waals surface area (Å²) in [4.78, 5) is 26.0. The van der Waals surface area contributed by atoms with Crippen LogP contribution in [0.4, 0.5) is 0 Å². The van der Waals surface area contributed by atoms with E-state index in [9.17, 15) is 9.59 Å². The monoisotopic (exact) mass is 358 g/mol. The summed E-state index contributed by atoms with van der Waals surface area (Å²) in [5.41, 5.74) is 1.13. The van der Waals surface area contributed by atoms with Gasteiger partial charge in [-0.05, 0) is 30.3 Å². The first-order chi connectivity index (χ1) is 12.7. The smallest absolute Gasteiger partial charge is 0.271 e. The minimum Gasteiger partial charge on any atom is -0.497 e. The summed E-state index contributed by atoms with van der Waals surface area (Å²) >= 11 is 0. The molecule has 1 aliphatic heterocycles. The fourth-order valence-corrected chi connectivity index (χ4v) is 2.67. The van der Waals surface area contributed by atoms with Crippen molar-refractivity contribution in [1.82, 2.24) is 20.0 Å². The maximum Gasteiger partial charge on any atom is 0.271 e. The number of ether oxygens (including phenoxy) is 2. The van der Waals surface area contributed by atoms with Crippen LogP contribution in [-0.4, -0.2) is 66.5 Å². The van der Waals surface area contributed by atoms with Crippen LogP contribution in [0.15, 0.2) is 36.5 Å². The molecule has 1 aromatic heterocycles. The lowest BCUT2D eigenvalue weighted by atomic mass is 10.3. The van der Waals surface area contributed by atoms with E-state index in [1.165, 1.54) is 0 Å². The number of carbonyl (C=O) groups is 2. The van der Waals surface area contributed by atoms with E-state index >= 15 is 0 Å². The first kappa shape index (κ1) is 17.9. The Balaban J connectivity index is 1.50. The Hall–Kier alpha value is -2.87. The molecule has 2 heterocycles. The molecule has 3 rings (SSSR count). The minimum atomic E-state index is -0.299. The first-order valence-electron chi connectivity index (χ1n) is 8.51. The highest BCUT2D eigenvalue weighted by atomic mass is 16.5. The molecule has 138 valence electrons. The molecule has 8 heteroatoms. The molecule has 1 aromatic carbocycles. The van der Waals surface area contributed by atoms with E-state index in [-0.39, 0.29) is 24.8 Å². The molecule has 2 amide bonds. The molecule has 1 fully saturated rings. The molecule has 8 nitrogen and oxygen atoms in total. The van der Waals surface area contributed by atoms with Crippen LogP contribution in [0.1, 0.15) is 16.9 Å². The molecule has 0 spiro atoms. The number of hydrogen-bond donors (Lipinski definition) is 1. The third kappa shape index (κ3) is 4.40. The Morgan fingerprint density at radius 3 is 2.62 bits per heavy atom. The summed E-state index contributed by atoms with van der Waals surface area (Å²) in [5.74, 6) is 0.480. The topological polar surface area (TPSA) is 85.7 Å². The van der Waals surface area contributed by atoms with E-state index in [2.05, 4.69) is 10.4 Å². The molecular formula is C18H22N4O4. The molecule has 0 bridgehead atoms. The SMILES string of the molecule is COc1ccc(-n2ccc(C(=O)NCCC(=O)N3CCOCC3)n2)cc1. The van der Waals surface area contributed by atoms with E-state index in [0.717, 1.165) is 11.4 Å². The van der Waals surface area contributed by atoms with Crippen molar-refractivity contribution in [2.45, 2.75) is 6.42 Å². The van der Waals surface area contributed by atoms with E-state index in [0.29, 0.717) is 32.0 Å². The highest BCUT2D eigenvalue weighted by molar-refractivity contribution is 5.92. The molecule has 0 saturated carbocycles. The molecule has 0 radical (unpaired) electrons. The van der Waals surface area contributed by atoms with Crippen molar-refractivity contribution in [3.05, 3.63) is 42.2 Å². The summed E-state index contributed by atoms with van der Waals surface area (Å²) in [5, 5.41) is 7.01. The third-order valence-corrected chi connectivity index (χ3v) is 4.15. The third-order valence-electron chi connectivity index (χ3n) is 4.15. The Labute approximate surface area is 151 Å². The number of nitrogens with zero attached hydrogens (tertiary/aromatic N) is 3. The van der Waals surface area contributed by atoms with Crippen molar-refractivity contribution in [2.24, 2.45) is 0 Å². The van der Waals surface area contributed by atoms with Gasteiger partial charge in [0.25, 0.3) is 5.91 Å². The van der Waals surface area contributed by atoms with Crippen LogP contribution in [0.25, 0.3) is 5.69 Å². The Morgan fingerprint density at radius 2 is 1.92 bits per heavy atom. The van der Waals surface area contributed by atoms with Gasteiger partial charge in [0.1, 0.15) is 5.75 Å². The van der Waals surface area contributed by atoms with E-state index < -0.39 is 0 Å². The van der Waals surface area contributed by atoms with Crippen LogP contribution in [0, 0.1) is 0 Å². The summed E-state index contributed by atoms with van der Waals surface area (Å²) in [6.07, 6.45) is 1.99. The highest BCUT2D eigenvalue weighted by Gasteiger charge is 2.17. The predicted molar refractivity (Wildman–Crippen MR) is 94.5 cm³/mol. The molecular weight excluding hydrogens is 336 g/mol. The Bertz CT molecular complexity index is 751. The van der Waals surface area contributed by atoms with Crippen molar-refractivity contribution < 1.29 is 19.1 Å². The largest absolute Gasteiger partial charge is 0.497 e. The van der Waals surface area contributed by atoms with Gasteiger partial charge in [-0.1, -0.05) is 0 Å². The van der Waals surface area contributed by atoms with Gasteiger partial charge in [-0.15, -0.1) is 0 Å². The number of hydrogen-bond acceptors (Lipinski definition) is 5. The molecule has 26 heavy (non-hydrogen) atoms. The number of methoxy groups -OCH3 is 1. The molecule has 0 atom stereocenters. The number of nitrogens with one attached hydrogen (secondary N) is 1. The number of carbonyl (C=O) groups excluding carboxylic acids is 2. The zero-order chi connectivity index (χ0) is 18.4. The lowest BCUT2D eigenvalue weighted by molar-refractivity contribution is -0.135. The summed E-state index contributed by atoms with van der Waals surface area (Å²) in [6.45, 7) is 2.64. The maximum atomic E-state index is 12.2. The molecule has 2 aromatic rings. The molecule has 0 aliphatic carbocycles. The zero-order valence-corrected chi connectivity index (χ0v) is 14.7. The lowest BCUT2D eigenvalue weighted by Crippen LogP contribution is -2.42. The van der Waals surface area contributed by atoms with Crippen molar-refractivity contribution in [3.63, 3.8) is 0 Å². The second-order valence-corrected chi connectivity index (χ2v) is 5.84. The number of aromatic nitrogens is 2. The van der Waals surface area contributed by atoms with Gasteiger partial charge >= 0.3 is 0 Å². The Kier molecular flexibility index (Phi) is 5.85. The van der Waals surface area contributed by atoms with Gasteiger partial charge in [0, 0.05) is 32.3 Å². The highest BCUT2D eigenvalue weighted by Crippen LogP contribution is 2.14.